The molecule has 0 aliphatic carbocycles. The first kappa shape index (κ1) is 13.4. The SMILES string of the molecule is C#CC(CC)Nc1cc(C(F)(F)F)ccc1C. The Morgan fingerprint density at radius 3 is 2.53 bits per heavy atom. The van der Waals surface area contributed by atoms with Crippen LogP contribution in [0.3, 0.4) is 0 Å². The van der Waals surface area contributed by atoms with E-state index in [1.165, 1.54) is 6.07 Å². The minimum Gasteiger partial charge on any atom is -0.371 e. The summed E-state index contributed by atoms with van der Waals surface area (Å²) < 4.78 is 37.6. The fraction of sp³-hybridized carbons (Fsp3) is 0.385. The summed E-state index contributed by atoms with van der Waals surface area (Å²) >= 11 is 0. The van der Waals surface area contributed by atoms with Crippen LogP contribution in [0.2, 0.25) is 0 Å². The number of anilines is 1. The van der Waals surface area contributed by atoms with E-state index in [9.17, 15) is 13.2 Å². The normalized spacial score (nSPS) is 12.9. The Morgan fingerprint density at radius 1 is 1.41 bits per heavy atom. The summed E-state index contributed by atoms with van der Waals surface area (Å²) in [4.78, 5) is 0. The zero-order valence-corrected chi connectivity index (χ0v) is 9.73. The van der Waals surface area contributed by atoms with E-state index < -0.39 is 11.7 Å². The lowest BCUT2D eigenvalue weighted by Gasteiger charge is -2.16. The first-order valence-electron chi connectivity index (χ1n) is 5.29. The molecule has 1 rings (SSSR count). The predicted octanol–water partition coefficient (Wildman–Crippen LogP) is 3.84. The zero-order chi connectivity index (χ0) is 13.1. The highest BCUT2D eigenvalue weighted by molar-refractivity contribution is 5.54. The average molecular weight is 241 g/mol. The second-order valence-electron chi connectivity index (χ2n) is 3.80. The Morgan fingerprint density at radius 2 is 2.06 bits per heavy atom. The quantitative estimate of drug-likeness (QED) is 0.793. The molecule has 0 aliphatic heterocycles. The molecule has 1 N–H and O–H groups in total. The molecule has 0 radical (unpaired) electrons. The highest BCUT2D eigenvalue weighted by atomic mass is 19.4. The van der Waals surface area contributed by atoms with Crippen molar-refractivity contribution in [3.8, 4) is 12.3 Å². The van der Waals surface area contributed by atoms with Gasteiger partial charge in [-0.3, -0.25) is 0 Å². The van der Waals surface area contributed by atoms with Crippen molar-refractivity contribution in [2.45, 2.75) is 32.5 Å². The van der Waals surface area contributed by atoms with Gasteiger partial charge in [0.15, 0.2) is 0 Å². The number of hydrogen-bond acceptors (Lipinski definition) is 1. The van der Waals surface area contributed by atoms with E-state index >= 15 is 0 Å². The molecule has 1 unspecified atom stereocenters. The minimum absolute atomic E-state index is 0.253. The molecule has 17 heavy (non-hydrogen) atoms. The molecular weight excluding hydrogens is 227 g/mol. The van der Waals surface area contributed by atoms with E-state index in [1.54, 1.807) is 6.92 Å². The maximum absolute atomic E-state index is 12.5. The standard InChI is InChI=1S/C13H14F3N/c1-4-11(5-2)17-12-8-10(13(14,15)16)7-6-9(12)3/h1,6-8,11,17H,5H2,2-3H3. The third kappa shape index (κ3) is 3.42. The van der Waals surface area contributed by atoms with Crippen LogP contribution in [0.1, 0.15) is 24.5 Å². The third-order valence-corrected chi connectivity index (χ3v) is 2.50. The summed E-state index contributed by atoms with van der Waals surface area (Å²) in [5, 5.41) is 2.92. The number of nitrogens with one attached hydrogen (secondary N) is 1. The van der Waals surface area contributed by atoms with Crippen molar-refractivity contribution in [2.75, 3.05) is 5.32 Å². The summed E-state index contributed by atoms with van der Waals surface area (Å²) in [5.41, 5.74) is 0.508. The number of halogens is 3. The van der Waals surface area contributed by atoms with E-state index in [4.69, 9.17) is 6.42 Å². The monoisotopic (exact) mass is 241 g/mol. The second kappa shape index (κ2) is 5.13. The van der Waals surface area contributed by atoms with Gasteiger partial charge in [-0.15, -0.1) is 6.42 Å². The highest BCUT2D eigenvalue weighted by Crippen LogP contribution is 2.32. The smallest absolute Gasteiger partial charge is 0.371 e. The maximum Gasteiger partial charge on any atom is 0.416 e. The Balaban J connectivity index is 3.04. The molecule has 1 aromatic carbocycles. The lowest BCUT2D eigenvalue weighted by Crippen LogP contribution is -2.17. The Bertz CT molecular complexity index is 429. The summed E-state index contributed by atoms with van der Waals surface area (Å²) in [7, 11) is 0. The van der Waals surface area contributed by atoms with Gasteiger partial charge in [0.05, 0.1) is 11.6 Å². The van der Waals surface area contributed by atoms with E-state index in [-0.39, 0.29) is 6.04 Å². The van der Waals surface area contributed by atoms with Crippen molar-refractivity contribution in [3.05, 3.63) is 29.3 Å². The molecule has 0 saturated heterocycles. The van der Waals surface area contributed by atoms with Gasteiger partial charge in [0, 0.05) is 5.69 Å². The molecule has 0 aliphatic rings. The molecule has 0 amide bonds. The van der Waals surface area contributed by atoms with E-state index in [0.717, 1.165) is 17.7 Å². The first-order valence-corrected chi connectivity index (χ1v) is 5.29. The zero-order valence-electron chi connectivity index (χ0n) is 9.73. The van der Waals surface area contributed by atoms with Crippen molar-refractivity contribution >= 4 is 5.69 Å². The lowest BCUT2D eigenvalue weighted by molar-refractivity contribution is -0.137. The molecule has 0 saturated carbocycles. The Kier molecular flexibility index (Phi) is 4.06. The van der Waals surface area contributed by atoms with Gasteiger partial charge < -0.3 is 5.32 Å². The van der Waals surface area contributed by atoms with Crippen molar-refractivity contribution in [1.29, 1.82) is 0 Å². The average Bonchev–Trinajstić information content (AvgIpc) is 2.26. The van der Waals surface area contributed by atoms with Gasteiger partial charge in [-0.25, -0.2) is 0 Å². The molecule has 4 heteroatoms. The van der Waals surface area contributed by atoms with Crippen LogP contribution >= 0.6 is 0 Å². The van der Waals surface area contributed by atoms with Crippen LogP contribution in [0.4, 0.5) is 18.9 Å². The molecule has 1 nitrogen and oxygen atoms in total. The van der Waals surface area contributed by atoms with Gasteiger partial charge in [0.1, 0.15) is 0 Å². The van der Waals surface area contributed by atoms with Gasteiger partial charge in [-0.1, -0.05) is 18.9 Å². The van der Waals surface area contributed by atoms with Crippen LogP contribution in [0.15, 0.2) is 18.2 Å². The highest BCUT2D eigenvalue weighted by Gasteiger charge is 2.30. The van der Waals surface area contributed by atoms with Crippen molar-refractivity contribution < 1.29 is 13.2 Å². The Hall–Kier alpha value is -1.63. The number of alkyl halides is 3. The number of rotatable bonds is 3. The van der Waals surface area contributed by atoms with Gasteiger partial charge in [0.2, 0.25) is 0 Å². The van der Waals surface area contributed by atoms with Crippen molar-refractivity contribution in [2.24, 2.45) is 0 Å². The van der Waals surface area contributed by atoms with Crippen LogP contribution < -0.4 is 5.32 Å². The number of hydrogen-bond donors (Lipinski definition) is 1. The molecule has 0 bridgehead atoms. The summed E-state index contributed by atoms with van der Waals surface area (Å²) in [5.74, 6) is 2.49. The number of benzene rings is 1. The Labute approximate surface area is 99.0 Å². The molecule has 0 aromatic heterocycles. The van der Waals surface area contributed by atoms with Crippen LogP contribution in [-0.4, -0.2) is 6.04 Å². The maximum atomic E-state index is 12.5. The van der Waals surface area contributed by atoms with Crippen LogP contribution in [0, 0.1) is 19.3 Å². The van der Waals surface area contributed by atoms with Crippen molar-refractivity contribution in [1.82, 2.24) is 0 Å². The van der Waals surface area contributed by atoms with Gasteiger partial charge in [-0.2, -0.15) is 13.2 Å². The molecule has 92 valence electrons. The molecule has 0 fully saturated rings. The fourth-order valence-electron chi connectivity index (χ4n) is 1.40. The van der Waals surface area contributed by atoms with Gasteiger partial charge in [-0.05, 0) is 31.0 Å². The second-order valence-corrected chi connectivity index (χ2v) is 3.80. The van der Waals surface area contributed by atoms with E-state index in [0.29, 0.717) is 12.1 Å². The third-order valence-electron chi connectivity index (χ3n) is 2.50. The number of aryl methyl sites for hydroxylation is 1. The van der Waals surface area contributed by atoms with Crippen LogP contribution in [0.25, 0.3) is 0 Å². The summed E-state index contributed by atoms with van der Waals surface area (Å²) in [6.45, 7) is 3.62. The molecule has 0 spiro atoms. The topological polar surface area (TPSA) is 12.0 Å². The molecule has 0 heterocycles. The van der Waals surface area contributed by atoms with Crippen LogP contribution in [0.5, 0.6) is 0 Å². The predicted molar refractivity (Wildman–Crippen MR) is 62.7 cm³/mol. The minimum atomic E-state index is -4.33. The van der Waals surface area contributed by atoms with Crippen molar-refractivity contribution in [3.63, 3.8) is 0 Å². The summed E-state index contributed by atoms with van der Waals surface area (Å²) in [6, 6.07) is 3.35. The van der Waals surface area contributed by atoms with E-state index in [2.05, 4.69) is 11.2 Å². The van der Waals surface area contributed by atoms with Gasteiger partial charge in [0.25, 0.3) is 0 Å². The van der Waals surface area contributed by atoms with Crippen LogP contribution in [-0.2, 0) is 6.18 Å². The fourth-order valence-corrected chi connectivity index (χ4v) is 1.40. The molecular formula is C13H14F3N. The molecule has 1 atom stereocenters. The van der Waals surface area contributed by atoms with Gasteiger partial charge >= 0.3 is 6.18 Å². The summed E-state index contributed by atoms with van der Waals surface area (Å²) in [6.07, 6.45) is 1.60. The first-order chi connectivity index (χ1) is 7.88. The largest absolute Gasteiger partial charge is 0.416 e. The van der Waals surface area contributed by atoms with E-state index in [1.807, 2.05) is 6.92 Å². The lowest BCUT2D eigenvalue weighted by atomic mass is 10.1. The number of terminal acetylenes is 1. The molecule has 1 aromatic rings.